The molecule has 4 N–H and O–H groups in total. The zero-order chi connectivity index (χ0) is 20.2. The van der Waals surface area contributed by atoms with Crippen molar-refractivity contribution < 1.29 is 18.0 Å². The number of carbonyl (C=O) groups excluding carboxylic acids is 1. The number of nitriles is 1. The van der Waals surface area contributed by atoms with Crippen LogP contribution in [0.25, 0.3) is 0 Å². The second kappa shape index (κ2) is 8.05. The molecule has 0 aromatic heterocycles. The molecule has 2 rings (SSSR count). The van der Waals surface area contributed by atoms with Crippen molar-refractivity contribution in [1.29, 1.82) is 10.7 Å². The van der Waals surface area contributed by atoms with Crippen molar-refractivity contribution in [2.24, 2.45) is 10.8 Å². The topological polar surface area (TPSA) is 122 Å². The number of hydrazone groups is 1. The third kappa shape index (κ3) is 4.95. The molecule has 0 atom stereocenters. The number of rotatable bonds is 4. The highest BCUT2D eigenvalue weighted by Gasteiger charge is 2.37. The summed E-state index contributed by atoms with van der Waals surface area (Å²) in [5.74, 6) is -1.31. The number of alkyl halides is 3. The predicted molar refractivity (Wildman–Crippen MR) is 93.4 cm³/mol. The lowest BCUT2D eigenvalue weighted by atomic mass is 10.0. The van der Waals surface area contributed by atoms with Gasteiger partial charge in [-0.1, -0.05) is 0 Å². The van der Waals surface area contributed by atoms with Gasteiger partial charge in [0.05, 0.1) is 16.8 Å². The van der Waals surface area contributed by atoms with E-state index in [0.717, 1.165) is 12.1 Å². The lowest BCUT2D eigenvalue weighted by Crippen LogP contribution is -2.47. The maximum Gasteiger partial charge on any atom is 0.417 e. The summed E-state index contributed by atoms with van der Waals surface area (Å²) in [6.07, 6.45) is -4.75. The molecular weight excluding hydrogens is 363 g/mol. The molecule has 8 nitrogen and oxygen atoms in total. The lowest BCUT2D eigenvalue weighted by molar-refractivity contribution is -0.138. The van der Waals surface area contributed by atoms with Crippen LogP contribution in [0.5, 0.6) is 0 Å². The fourth-order valence-corrected chi connectivity index (χ4v) is 2.48. The van der Waals surface area contributed by atoms with Gasteiger partial charge in [-0.2, -0.15) is 23.5 Å². The van der Waals surface area contributed by atoms with Crippen LogP contribution in [0.3, 0.4) is 0 Å². The van der Waals surface area contributed by atoms with Crippen molar-refractivity contribution in [3.63, 3.8) is 0 Å². The number of nitrogens with zero attached hydrogens (tertiary/aromatic N) is 4. The normalized spacial score (nSPS) is 16.0. The monoisotopic (exact) mass is 381 g/mol. The zero-order valence-corrected chi connectivity index (χ0v) is 14.5. The van der Waals surface area contributed by atoms with Gasteiger partial charge in [0.2, 0.25) is 5.71 Å². The van der Waals surface area contributed by atoms with E-state index in [1.165, 1.54) is 11.0 Å². The van der Waals surface area contributed by atoms with Gasteiger partial charge in [0.25, 0.3) is 5.91 Å². The Morgan fingerprint density at radius 3 is 2.48 bits per heavy atom. The Kier molecular flexibility index (Phi) is 6.02. The molecule has 1 saturated heterocycles. The van der Waals surface area contributed by atoms with Crippen LogP contribution >= 0.6 is 0 Å². The first-order valence-electron chi connectivity index (χ1n) is 7.90. The molecule has 1 aliphatic heterocycles. The molecule has 144 valence electrons. The maximum absolute atomic E-state index is 13.5. The third-order valence-electron chi connectivity index (χ3n) is 4.00. The number of amides is 1. The minimum atomic E-state index is -4.75. The van der Waals surface area contributed by atoms with Crippen LogP contribution in [0.1, 0.15) is 15.9 Å². The fraction of sp³-hybridized carbons (Fsp3) is 0.375. The van der Waals surface area contributed by atoms with E-state index >= 15 is 0 Å². The number of likely N-dealkylation sites (N-methyl/N-ethyl adjacent to an activating group) is 1. The molecule has 27 heavy (non-hydrogen) atoms. The second-order valence-corrected chi connectivity index (χ2v) is 5.95. The molecule has 1 fully saturated rings. The zero-order valence-electron chi connectivity index (χ0n) is 14.5. The summed E-state index contributed by atoms with van der Waals surface area (Å²) in [5, 5.41) is 19.4. The van der Waals surface area contributed by atoms with Crippen molar-refractivity contribution in [3.05, 3.63) is 29.3 Å². The van der Waals surface area contributed by atoms with Gasteiger partial charge >= 0.3 is 6.18 Å². The van der Waals surface area contributed by atoms with Gasteiger partial charge in [0, 0.05) is 26.2 Å². The van der Waals surface area contributed by atoms with Crippen LogP contribution in [0.15, 0.2) is 23.3 Å². The number of anilines is 1. The standard InChI is InChI=1S/C16H18F3N7O/c1-25-4-6-26(7-5-25)15(27)11-3-2-10(8-12(11)16(17,18)19)23-24-13(9-20)14(21)22/h2-3,8,23H,4-7H2,1H3,(H3,21,22)/b24-13+. The van der Waals surface area contributed by atoms with E-state index in [4.69, 9.17) is 16.4 Å². The van der Waals surface area contributed by atoms with E-state index in [0.29, 0.717) is 26.2 Å². The number of hydrogen-bond donors (Lipinski definition) is 3. The van der Waals surface area contributed by atoms with Crippen LogP contribution in [-0.2, 0) is 6.18 Å². The molecule has 1 aromatic rings. The van der Waals surface area contributed by atoms with Crippen molar-refractivity contribution in [2.45, 2.75) is 6.18 Å². The van der Waals surface area contributed by atoms with Crippen LogP contribution in [0.2, 0.25) is 0 Å². The first kappa shape index (κ1) is 20.2. The number of piperazine rings is 1. The van der Waals surface area contributed by atoms with Gasteiger partial charge in [-0.15, -0.1) is 0 Å². The Balaban J connectivity index is 2.32. The number of halogens is 3. The Morgan fingerprint density at radius 1 is 1.33 bits per heavy atom. The molecule has 0 saturated carbocycles. The summed E-state index contributed by atoms with van der Waals surface area (Å²) < 4.78 is 40.4. The van der Waals surface area contributed by atoms with Gasteiger partial charge in [-0.25, -0.2) is 0 Å². The molecule has 0 aliphatic carbocycles. The highest BCUT2D eigenvalue weighted by atomic mass is 19.4. The molecule has 0 spiro atoms. The maximum atomic E-state index is 13.5. The molecule has 0 radical (unpaired) electrons. The SMILES string of the molecule is CN1CCN(C(=O)c2ccc(N/N=C(\C#N)C(=N)N)cc2C(F)(F)F)CC1. The van der Waals surface area contributed by atoms with Crippen molar-refractivity contribution in [3.8, 4) is 6.07 Å². The minimum Gasteiger partial charge on any atom is -0.382 e. The number of nitrogens with one attached hydrogen (secondary N) is 2. The van der Waals surface area contributed by atoms with E-state index in [-0.39, 0.29) is 5.69 Å². The number of benzene rings is 1. The van der Waals surface area contributed by atoms with Crippen molar-refractivity contribution in [2.75, 3.05) is 38.7 Å². The van der Waals surface area contributed by atoms with E-state index in [2.05, 4.69) is 10.5 Å². The summed E-state index contributed by atoms with van der Waals surface area (Å²) >= 11 is 0. The summed E-state index contributed by atoms with van der Waals surface area (Å²) in [4.78, 5) is 15.9. The molecular formula is C16H18F3N7O. The summed E-state index contributed by atoms with van der Waals surface area (Å²) in [5.41, 5.74) is 5.26. The van der Waals surface area contributed by atoms with Crippen LogP contribution in [0, 0.1) is 16.7 Å². The van der Waals surface area contributed by atoms with Gasteiger partial charge in [-0.05, 0) is 25.2 Å². The average molecular weight is 381 g/mol. The van der Waals surface area contributed by atoms with Crippen LogP contribution < -0.4 is 11.2 Å². The number of carbonyl (C=O) groups is 1. The number of hydrogen-bond acceptors (Lipinski definition) is 6. The van der Waals surface area contributed by atoms with E-state index in [1.807, 2.05) is 11.9 Å². The summed E-state index contributed by atoms with van der Waals surface area (Å²) in [6, 6.07) is 4.60. The average Bonchev–Trinajstić information content (AvgIpc) is 2.61. The van der Waals surface area contributed by atoms with E-state index in [1.54, 1.807) is 6.07 Å². The molecule has 1 heterocycles. The molecule has 1 amide bonds. The van der Waals surface area contributed by atoms with Crippen molar-refractivity contribution >= 4 is 23.1 Å². The van der Waals surface area contributed by atoms with Crippen molar-refractivity contribution in [1.82, 2.24) is 9.80 Å². The van der Waals surface area contributed by atoms with Gasteiger partial charge in [-0.3, -0.25) is 15.6 Å². The third-order valence-corrected chi connectivity index (χ3v) is 4.00. The quantitative estimate of drug-likeness (QED) is 0.413. The molecule has 0 unspecified atom stereocenters. The lowest BCUT2D eigenvalue weighted by Gasteiger charge is -2.33. The molecule has 1 aromatic carbocycles. The Morgan fingerprint density at radius 2 is 1.96 bits per heavy atom. The number of amidine groups is 1. The van der Waals surface area contributed by atoms with Crippen LogP contribution in [-0.4, -0.2) is 60.5 Å². The Hall–Kier alpha value is -3.13. The summed E-state index contributed by atoms with van der Waals surface area (Å²) in [7, 11) is 1.88. The first-order valence-corrected chi connectivity index (χ1v) is 7.90. The molecule has 0 bridgehead atoms. The van der Waals surface area contributed by atoms with E-state index < -0.39 is 34.8 Å². The Bertz CT molecular complexity index is 805. The minimum absolute atomic E-state index is 0.0914. The smallest absolute Gasteiger partial charge is 0.382 e. The highest BCUT2D eigenvalue weighted by Crippen LogP contribution is 2.34. The van der Waals surface area contributed by atoms with Crippen LogP contribution in [0.4, 0.5) is 18.9 Å². The Labute approximate surface area is 153 Å². The number of nitrogens with two attached hydrogens (primary N) is 1. The molecule has 11 heteroatoms. The van der Waals surface area contributed by atoms with Gasteiger partial charge < -0.3 is 15.5 Å². The highest BCUT2D eigenvalue weighted by molar-refractivity contribution is 6.45. The predicted octanol–water partition coefficient (Wildman–Crippen LogP) is 1.32. The second-order valence-electron chi connectivity index (χ2n) is 5.95. The van der Waals surface area contributed by atoms with Gasteiger partial charge in [0.15, 0.2) is 5.84 Å². The van der Waals surface area contributed by atoms with E-state index in [9.17, 15) is 18.0 Å². The fourth-order valence-electron chi connectivity index (χ4n) is 2.48. The molecule has 1 aliphatic rings. The first-order chi connectivity index (χ1) is 12.6. The van der Waals surface area contributed by atoms with Gasteiger partial charge in [0.1, 0.15) is 6.07 Å². The summed E-state index contributed by atoms with van der Waals surface area (Å²) in [6.45, 7) is 1.87. The largest absolute Gasteiger partial charge is 0.417 e.